The molecular weight excluding hydrogens is 405 g/mol. The Hall–Kier alpha value is -2.01. The summed E-state index contributed by atoms with van der Waals surface area (Å²) < 4.78 is 1.59. The van der Waals surface area contributed by atoms with Crippen LogP contribution >= 0.6 is 34.8 Å². The van der Waals surface area contributed by atoms with Crippen LogP contribution in [-0.4, -0.2) is 15.7 Å². The van der Waals surface area contributed by atoms with Crippen molar-refractivity contribution in [1.29, 1.82) is 0 Å². The Balaban J connectivity index is 2.07. The Morgan fingerprint density at radius 1 is 1.00 bits per heavy atom. The van der Waals surface area contributed by atoms with Crippen molar-refractivity contribution >= 4 is 46.5 Å². The first-order valence-corrected chi connectivity index (χ1v) is 9.41. The molecule has 0 aliphatic heterocycles. The molecule has 0 aliphatic carbocycles. The van der Waals surface area contributed by atoms with E-state index in [2.05, 4.69) is 10.4 Å². The SMILES string of the molecule is CC(C)(C)c1cc(NC(=O)c2cccc(Cl)c2)n(-c2cc(Cl)ccc2Cl)n1. The first-order valence-electron chi connectivity index (χ1n) is 8.28. The summed E-state index contributed by atoms with van der Waals surface area (Å²) in [5.74, 6) is 0.200. The van der Waals surface area contributed by atoms with Gasteiger partial charge in [0, 0.05) is 27.1 Å². The normalized spacial score (nSPS) is 11.5. The number of aromatic nitrogens is 2. The number of amides is 1. The average molecular weight is 423 g/mol. The number of carbonyl (C=O) groups excluding carboxylic acids is 1. The van der Waals surface area contributed by atoms with E-state index in [-0.39, 0.29) is 11.3 Å². The Bertz CT molecular complexity index is 1010. The number of carbonyl (C=O) groups is 1. The maximum absolute atomic E-state index is 12.7. The summed E-state index contributed by atoms with van der Waals surface area (Å²) in [7, 11) is 0. The zero-order chi connectivity index (χ0) is 19.8. The molecule has 3 rings (SSSR count). The maximum atomic E-state index is 12.7. The van der Waals surface area contributed by atoms with Gasteiger partial charge >= 0.3 is 0 Å². The van der Waals surface area contributed by atoms with Crippen molar-refractivity contribution in [3.8, 4) is 5.69 Å². The van der Waals surface area contributed by atoms with Crippen LogP contribution in [0, 0.1) is 0 Å². The number of hydrogen-bond donors (Lipinski definition) is 1. The van der Waals surface area contributed by atoms with Gasteiger partial charge in [0.1, 0.15) is 5.82 Å². The zero-order valence-electron chi connectivity index (χ0n) is 15.1. The standard InChI is InChI=1S/C20H18Cl3N3O/c1-20(2,3)17-11-18(24-19(27)12-5-4-6-13(21)9-12)26(25-17)16-10-14(22)7-8-15(16)23/h4-11H,1-3H3,(H,24,27). The van der Waals surface area contributed by atoms with Crippen molar-refractivity contribution in [2.45, 2.75) is 26.2 Å². The molecule has 1 N–H and O–H groups in total. The lowest BCUT2D eigenvalue weighted by molar-refractivity contribution is 0.102. The number of halogens is 3. The summed E-state index contributed by atoms with van der Waals surface area (Å²) in [6, 6.07) is 13.7. The number of rotatable bonds is 3. The van der Waals surface area contributed by atoms with E-state index in [1.807, 2.05) is 26.8 Å². The van der Waals surface area contributed by atoms with Crippen LogP contribution in [0.2, 0.25) is 15.1 Å². The van der Waals surface area contributed by atoms with Gasteiger partial charge in [-0.15, -0.1) is 0 Å². The highest BCUT2D eigenvalue weighted by Crippen LogP contribution is 2.31. The van der Waals surface area contributed by atoms with Crippen LogP contribution in [0.25, 0.3) is 5.69 Å². The van der Waals surface area contributed by atoms with E-state index in [4.69, 9.17) is 34.8 Å². The van der Waals surface area contributed by atoms with E-state index < -0.39 is 0 Å². The Labute approximate surface area is 173 Å². The number of benzene rings is 2. The molecule has 0 unspecified atom stereocenters. The second kappa shape index (κ2) is 7.55. The van der Waals surface area contributed by atoms with E-state index in [1.165, 1.54) is 0 Å². The van der Waals surface area contributed by atoms with E-state index in [0.29, 0.717) is 32.1 Å². The van der Waals surface area contributed by atoms with Gasteiger partial charge in [-0.2, -0.15) is 5.10 Å². The Kier molecular flexibility index (Phi) is 5.52. The zero-order valence-corrected chi connectivity index (χ0v) is 17.3. The highest BCUT2D eigenvalue weighted by atomic mass is 35.5. The summed E-state index contributed by atoms with van der Waals surface area (Å²) in [5.41, 5.74) is 1.62. The van der Waals surface area contributed by atoms with Gasteiger partial charge < -0.3 is 5.32 Å². The average Bonchev–Trinajstić information content (AvgIpc) is 3.01. The van der Waals surface area contributed by atoms with Gasteiger partial charge in [0.05, 0.1) is 16.4 Å². The fourth-order valence-electron chi connectivity index (χ4n) is 2.49. The van der Waals surface area contributed by atoms with Crippen LogP contribution in [0.3, 0.4) is 0 Å². The molecule has 0 aliphatic rings. The van der Waals surface area contributed by atoms with E-state index in [9.17, 15) is 4.79 Å². The molecule has 7 heteroatoms. The molecule has 27 heavy (non-hydrogen) atoms. The third-order valence-corrected chi connectivity index (χ3v) is 4.73. The van der Waals surface area contributed by atoms with E-state index in [1.54, 1.807) is 47.1 Å². The van der Waals surface area contributed by atoms with Crippen LogP contribution in [0.15, 0.2) is 48.5 Å². The first-order chi connectivity index (χ1) is 12.6. The third-order valence-electron chi connectivity index (χ3n) is 3.94. The fraction of sp³-hybridized carbons (Fsp3) is 0.200. The van der Waals surface area contributed by atoms with Crippen molar-refractivity contribution in [3.63, 3.8) is 0 Å². The number of anilines is 1. The predicted molar refractivity (Wildman–Crippen MR) is 112 cm³/mol. The molecule has 0 bridgehead atoms. The lowest BCUT2D eigenvalue weighted by atomic mass is 9.92. The lowest BCUT2D eigenvalue weighted by Gasteiger charge is -2.14. The minimum absolute atomic E-state index is 0.216. The second-order valence-electron chi connectivity index (χ2n) is 7.14. The number of nitrogens with one attached hydrogen (secondary N) is 1. The molecule has 1 heterocycles. The third kappa shape index (κ3) is 4.46. The molecule has 0 fully saturated rings. The van der Waals surface area contributed by atoms with Gasteiger partial charge in [0.15, 0.2) is 0 Å². The maximum Gasteiger partial charge on any atom is 0.256 e. The van der Waals surface area contributed by atoms with Crippen LogP contribution in [-0.2, 0) is 5.41 Å². The summed E-state index contributed by atoms with van der Waals surface area (Å²) in [6.45, 7) is 6.13. The summed E-state index contributed by atoms with van der Waals surface area (Å²) >= 11 is 18.5. The molecule has 1 aromatic heterocycles. The first kappa shape index (κ1) is 19.7. The topological polar surface area (TPSA) is 46.9 Å². The second-order valence-corrected chi connectivity index (χ2v) is 8.42. The van der Waals surface area contributed by atoms with Gasteiger partial charge in [-0.1, -0.05) is 61.6 Å². The molecule has 3 aromatic rings. The van der Waals surface area contributed by atoms with Crippen LogP contribution in [0.4, 0.5) is 5.82 Å². The van der Waals surface area contributed by atoms with E-state index in [0.717, 1.165) is 5.69 Å². The van der Waals surface area contributed by atoms with Crippen LogP contribution in [0.5, 0.6) is 0 Å². The predicted octanol–water partition coefficient (Wildman–Crippen LogP) is 6.38. The summed E-state index contributed by atoms with van der Waals surface area (Å²) in [4.78, 5) is 12.7. The van der Waals surface area contributed by atoms with Crippen molar-refractivity contribution in [1.82, 2.24) is 9.78 Å². The van der Waals surface area contributed by atoms with Gasteiger partial charge in [-0.25, -0.2) is 4.68 Å². The number of nitrogens with zero attached hydrogens (tertiary/aromatic N) is 2. The van der Waals surface area contributed by atoms with Crippen molar-refractivity contribution < 1.29 is 4.79 Å². The Morgan fingerprint density at radius 2 is 1.70 bits per heavy atom. The van der Waals surface area contributed by atoms with Crippen LogP contribution in [0.1, 0.15) is 36.8 Å². The lowest BCUT2D eigenvalue weighted by Crippen LogP contribution is -2.15. The van der Waals surface area contributed by atoms with Crippen molar-refractivity contribution in [2.24, 2.45) is 0 Å². The summed E-state index contributed by atoms with van der Waals surface area (Å²) in [5, 5.41) is 9.03. The summed E-state index contributed by atoms with van der Waals surface area (Å²) in [6.07, 6.45) is 0. The molecule has 0 atom stereocenters. The van der Waals surface area contributed by atoms with Gasteiger partial charge in [0.25, 0.3) is 5.91 Å². The van der Waals surface area contributed by atoms with E-state index >= 15 is 0 Å². The molecule has 140 valence electrons. The monoisotopic (exact) mass is 421 g/mol. The van der Waals surface area contributed by atoms with Gasteiger partial charge in [0.2, 0.25) is 0 Å². The highest BCUT2D eigenvalue weighted by molar-refractivity contribution is 6.34. The van der Waals surface area contributed by atoms with Crippen molar-refractivity contribution in [3.05, 3.63) is 74.9 Å². The minimum atomic E-state index is -0.294. The smallest absolute Gasteiger partial charge is 0.256 e. The number of hydrogen-bond acceptors (Lipinski definition) is 2. The van der Waals surface area contributed by atoms with Crippen molar-refractivity contribution in [2.75, 3.05) is 5.32 Å². The Morgan fingerprint density at radius 3 is 2.37 bits per heavy atom. The minimum Gasteiger partial charge on any atom is -0.306 e. The van der Waals surface area contributed by atoms with Crippen LogP contribution < -0.4 is 5.32 Å². The van der Waals surface area contributed by atoms with Gasteiger partial charge in [-0.05, 0) is 36.4 Å². The fourth-order valence-corrected chi connectivity index (χ4v) is 3.04. The molecular formula is C20H18Cl3N3O. The molecule has 0 saturated carbocycles. The molecule has 2 aromatic carbocycles. The molecule has 0 spiro atoms. The van der Waals surface area contributed by atoms with Gasteiger partial charge in [-0.3, -0.25) is 4.79 Å². The molecule has 0 saturated heterocycles. The largest absolute Gasteiger partial charge is 0.306 e. The molecule has 4 nitrogen and oxygen atoms in total. The highest BCUT2D eigenvalue weighted by Gasteiger charge is 2.22. The quantitative estimate of drug-likeness (QED) is 0.532. The molecule has 0 radical (unpaired) electrons. The molecule has 1 amide bonds.